The summed E-state index contributed by atoms with van der Waals surface area (Å²) in [6.45, 7) is 0.485. The minimum absolute atomic E-state index is 0.0478. The lowest BCUT2D eigenvalue weighted by Gasteiger charge is -2.15. The number of carbonyl (C=O) groups is 2. The summed E-state index contributed by atoms with van der Waals surface area (Å²) in [7, 11) is 1.62. The summed E-state index contributed by atoms with van der Waals surface area (Å²) in [5, 5.41) is 0. The Morgan fingerprint density at radius 1 is 1.56 bits per heavy atom. The molecule has 0 saturated carbocycles. The Bertz CT molecular complexity index is 409. The second-order valence-electron chi connectivity index (χ2n) is 3.30. The van der Waals surface area contributed by atoms with Gasteiger partial charge in [0.2, 0.25) is 0 Å². The second kappa shape index (κ2) is 5.65. The van der Waals surface area contributed by atoms with Gasteiger partial charge in [-0.1, -0.05) is 0 Å². The maximum Gasteiger partial charge on any atom is 0.253 e. The summed E-state index contributed by atoms with van der Waals surface area (Å²) in [6, 6.07) is 3.80. The van der Waals surface area contributed by atoms with E-state index in [-0.39, 0.29) is 17.0 Å². The lowest BCUT2D eigenvalue weighted by atomic mass is 10.1. The summed E-state index contributed by atoms with van der Waals surface area (Å²) in [4.78, 5) is 23.6. The molecule has 1 aromatic rings. The van der Waals surface area contributed by atoms with Crippen LogP contribution in [0.2, 0.25) is 0 Å². The van der Waals surface area contributed by atoms with Crippen molar-refractivity contribution in [1.29, 1.82) is 0 Å². The van der Waals surface area contributed by atoms with Crippen molar-refractivity contribution in [3.8, 4) is 0 Å². The van der Waals surface area contributed by atoms with Crippen LogP contribution in [0.4, 0.5) is 4.39 Å². The molecule has 0 heterocycles. The molecule has 1 amide bonds. The van der Waals surface area contributed by atoms with Gasteiger partial charge in [-0.15, -0.1) is 0 Å². The number of thiol groups is 1. The highest BCUT2D eigenvalue weighted by atomic mass is 32.1. The van der Waals surface area contributed by atoms with Crippen LogP contribution in [0, 0.1) is 5.82 Å². The third kappa shape index (κ3) is 2.82. The van der Waals surface area contributed by atoms with Gasteiger partial charge in [-0.2, -0.15) is 12.6 Å². The van der Waals surface area contributed by atoms with E-state index >= 15 is 0 Å². The lowest BCUT2D eigenvalue weighted by Crippen LogP contribution is -2.28. The molecule has 0 N–H and O–H groups in total. The van der Waals surface area contributed by atoms with E-state index in [2.05, 4.69) is 12.6 Å². The minimum atomic E-state index is -0.680. The molecule has 0 spiro atoms. The largest absolute Gasteiger partial charge is 0.341 e. The SMILES string of the molecule is CN(CCS)C(=O)c1ccc(C=O)c(F)c1. The van der Waals surface area contributed by atoms with Crippen LogP contribution in [-0.2, 0) is 0 Å². The van der Waals surface area contributed by atoms with Gasteiger partial charge in [0.1, 0.15) is 5.82 Å². The van der Waals surface area contributed by atoms with Crippen molar-refractivity contribution < 1.29 is 14.0 Å². The van der Waals surface area contributed by atoms with Crippen LogP contribution in [0.3, 0.4) is 0 Å². The number of hydrogen-bond acceptors (Lipinski definition) is 3. The quantitative estimate of drug-likeness (QED) is 0.642. The fourth-order valence-corrected chi connectivity index (χ4v) is 1.53. The molecule has 0 aliphatic rings. The number of aldehydes is 1. The van der Waals surface area contributed by atoms with Gasteiger partial charge in [0, 0.05) is 24.9 Å². The molecule has 1 aromatic carbocycles. The fourth-order valence-electron chi connectivity index (χ4n) is 1.23. The molecule has 0 aromatic heterocycles. The molecule has 0 radical (unpaired) electrons. The molecule has 3 nitrogen and oxygen atoms in total. The van der Waals surface area contributed by atoms with Crippen molar-refractivity contribution in [1.82, 2.24) is 4.90 Å². The number of rotatable bonds is 4. The first-order chi connectivity index (χ1) is 7.60. The summed E-state index contributed by atoms with van der Waals surface area (Å²) >= 11 is 4.00. The molecule has 16 heavy (non-hydrogen) atoms. The molecule has 0 aliphatic carbocycles. The van der Waals surface area contributed by atoms with E-state index in [1.165, 1.54) is 17.0 Å². The molecule has 0 bridgehead atoms. The van der Waals surface area contributed by atoms with Gasteiger partial charge in [-0.3, -0.25) is 9.59 Å². The maximum atomic E-state index is 13.2. The van der Waals surface area contributed by atoms with Crippen molar-refractivity contribution in [2.45, 2.75) is 0 Å². The zero-order chi connectivity index (χ0) is 12.1. The van der Waals surface area contributed by atoms with Gasteiger partial charge in [-0.05, 0) is 18.2 Å². The predicted molar refractivity (Wildman–Crippen MR) is 62.6 cm³/mol. The molecule has 1 rings (SSSR count). The second-order valence-corrected chi connectivity index (χ2v) is 3.75. The molecule has 0 fully saturated rings. The Kier molecular flexibility index (Phi) is 4.49. The maximum absolute atomic E-state index is 13.2. The van der Waals surface area contributed by atoms with Gasteiger partial charge >= 0.3 is 0 Å². The Morgan fingerprint density at radius 3 is 2.75 bits per heavy atom. The van der Waals surface area contributed by atoms with Crippen LogP contribution in [0.5, 0.6) is 0 Å². The van der Waals surface area contributed by atoms with E-state index in [9.17, 15) is 14.0 Å². The number of carbonyl (C=O) groups excluding carboxylic acids is 2. The predicted octanol–water partition coefficient (Wildman–Crippen LogP) is 1.64. The normalized spacial score (nSPS) is 9.94. The molecule has 5 heteroatoms. The lowest BCUT2D eigenvalue weighted by molar-refractivity contribution is 0.0803. The van der Waals surface area contributed by atoms with Gasteiger partial charge in [0.15, 0.2) is 6.29 Å². The van der Waals surface area contributed by atoms with Crippen molar-refractivity contribution in [2.24, 2.45) is 0 Å². The molecule has 0 unspecified atom stereocenters. The molecule has 86 valence electrons. The van der Waals surface area contributed by atoms with E-state index in [1.54, 1.807) is 7.05 Å². The van der Waals surface area contributed by atoms with Crippen LogP contribution in [-0.4, -0.2) is 36.4 Å². The van der Waals surface area contributed by atoms with Gasteiger partial charge < -0.3 is 4.90 Å². The number of nitrogens with zero attached hydrogens (tertiary/aromatic N) is 1. The third-order valence-corrected chi connectivity index (χ3v) is 2.36. The molecular formula is C11H12FNO2S. The van der Waals surface area contributed by atoms with Crippen molar-refractivity contribution in [2.75, 3.05) is 19.3 Å². The Hall–Kier alpha value is -1.36. The van der Waals surface area contributed by atoms with E-state index in [0.29, 0.717) is 18.6 Å². The first-order valence-corrected chi connectivity index (χ1v) is 5.34. The number of halogens is 1. The van der Waals surface area contributed by atoms with Crippen LogP contribution in [0.1, 0.15) is 20.7 Å². The molecule has 0 atom stereocenters. The summed E-state index contributed by atoms with van der Waals surface area (Å²) in [5.41, 5.74) is 0.181. The highest BCUT2D eigenvalue weighted by molar-refractivity contribution is 7.80. The van der Waals surface area contributed by atoms with Crippen molar-refractivity contribution in [3.05, 3.63) is 35.1 Å². The standard InChI is InChI=1S/C11H12FNO2S/c1-13(4-5-16)11(15)8-2-3-9(7-14)10(12)6-8/h2-3,6-7,16H,4-5H2,1H3. The van der Waals surface area contributed by atoms with Gasteiger partial charge in [-0.25, -0.2) is 4.39 Å². The minimum Gasteiger partial charge on any atom is -0.341 e. The Balaban J connectivity index is 2.92. The number of benzene rings is 1. The zero-order valence-electron chi connectivity index (χ0n) is 8.81. The summed E-state index contributed by atoms with van der Waals surface area (Å²) < 4.78 is 13.2. The average Bonchev–Trinajstić information content (AvgIpc) is 2.28. The smallest absolute Gasteiger partial charge is 0.253 e. The van der Waals surface area contributed by atoms with Crippen molar-refractivity contribution in [3.63, 3.8) is 0 Å². The number of hydrogen-bond donors (Lipinski definition) is 1. The topological polar surface area (TPSA) is 37.4 Å². The monoisotopic (exact) mass is 241 g/mol. The number of amides is 1. The van der Waals surface area contributed by atoms with Gasteiger partial charge in [0.25, 0.3) is 5.91 Å². The van der Waals surface area contributed by atoms with Crippen molar-refractivity contribution >= 4 is 24.8 Å². The van der Waals surface area contributed by atoms with E-state index in [0.717, 1.165) is 6.07 Å². The first-order valence-electron chi connectivity index (χ1n) is 4.71. The summed E-state index contributed by atoms with van der Waals surface area (Å²) in [6.07, 6.45) is 0.418. The van der Waals surface area contributed by atoms with Crippen LogP contribution >= 0.6 is 12.6 Å². The van der Waals surface area contributed by atoms with Crippen LogP contribution in [0.25, 0.3) is 0 Å². The molecule has 0 aliphatic heterocycles. The van der Waals surface area contributed by atoms with E-state index in [4.69, 9.17) is 0 Å². The fraction of sp³-hybridized carbons (Fsp3) is 0.273. The van der Waals surface area contributed by atoms with Gasteiger partial charge in [0.05, 0.1) is 5.56 Å². The molecular weight excluding hydrogens is 229 g/mol. The Morgan fingerprint density at radius 2 is 2.25 bits per heavy atom. The third-order valence-electron chi connectivity index (χ3n) is 2.16. The van der Waals surface area contributed by atoms with Crippen LogP contribution in [0.15, 0.2) is 18.2 Å². The zero-order valence-corrected chi connectivity index (χ0v) is 9.71. The van der Waals surface area contributed by atoms with E-state index in [1.807, 2.05) is 0 Å². The molecule has 0 saturated heterocycles. The Labute approximate surface area is 98.7 Å². The average molecular weight is 241 g/mol. The highest BCUT2D eigenvalue weighted by Crippen LogP contribution is 2.10. The van der Waals surface area contributed by atoms with E-state index < -0.39 is 5.82 Å². The summed E-state index contributed by atoms with van der Waals surface area (Å²) in [5.74, 6) is -0.428. The first kappa shape index (κ1) is 12.7. The van der Waals surface area contributed by atoms with Crippen LogP contribution < -0.4 is 0 Å². The highest BCUT2D eigenvalue weighted by Gasteiger charge is 2.12.